The van der Waals surface area contributed by atoms with Gasteiger partial charge in [0.1, 0.15) is 5.75 Å². The minimum atomic E-state index is -0.331. The van der Waals surface area contributed by atoms with Crippen LogP contribution in [0.15, 0.2) is 78.9 Å². The molecule has 29 heavy (non-hydrogen) atoms. The summed E-state index contributed by atoms with van der Waals surface area (Å²) in [5.41, 5.74) is 2.91. The molecule has 0 aliphatic heterocycles. The molecule has 5 nitrogen and oxygen atoms in total. The molecule has 3 aromatic carbocycles. The predicted octanol–water partition coefficient (Wildman–Crippen LogP) is 4.50. The second-order valence-electron chi connectivity index (χ2n) is 6.80. The van der Waals surface area contributed by atoms with Gasteiger partial charge in [0.15, 0.2) is 6.61 Å². The van der Waals surface area contributed by atoms with Crippen LogP contribution >= 0.6 is 0 Å². The van der Waals surface area contributed by atoms with E-state index in [1.54, 1.807) is 30.3 Å². The Morgan fingerprint density at radius 1 is 0.931 bits per heavy atom. The molecule has 0 aliphatic rings. The predicted molar refractivity (Wildman–Crippen MR) is 114 cm³/mol. The van der Waals surface area contributed by atoms with Crippen molar-refractivity contribution in [2.45, 2.75) is 19.9 Å². The van der Waals surface area contributed by atoms with Crippen molar-refractivity contribution in [2.75, 3.05) is 11.9 Å². The van der Waals surface area contributed by atoms with E-state index in [1.807, 2.05) is 62.4 Å². The van der Waals surface area contributed by atoms with Gasteiger partial charge in [-0.25, -0.2) is 0 Å². The van der Waals surface area contributed by atoms with Gasteiger partial charge in [0.2, 0.25) is 0 Å². The highest BCUT2D eigenvalue weighted by Crippen LogP contribution is 2.18. The van der Waals surface area contributed by atoms with Gasteiger partial charge in [0.25, 0.3) is 11.8 Å². The van der Waals surface area contributed by atoms with Crippen LogP contribution in [0.3, 0.4) is 0 Å². The number of para-hydroxylation sites is 1. The first-order chi connectivity index (χ1) is 14.0. The number of carbonyl (C=O) groups is 2. The first-order valence-electron chi connectivity index (χ1n) is 9.47. The zero-order valence-electron chi connectivity index (χ0n) is 16.5. The molecule has 0 aromatic heterocycles. The molecule has 0 saturated carbocycles. The molecular weight excluding hydrogens is 364 g/mol. The lowest BCUT2D eigenvalue weighted by atomic mass is 10.1. The fourth-order valence-electron chi connectivity index (χ4n) is 2.93. The lowest BCUT2D eigenvalue weighted by Gasteiger charge is -2.16. The normalized spacial score (nSPS) is 11.4. The third kappa shape index (κ3) is 5.69. The van der Waals surface area contributed by atoms with E-state index in [4.69, 9.17) is 4.74 Å². The van der Waals surface area contributed by atoms with Crippen LogP contribution in [0.5, 0.6) is 5.75 Å². The summed E-state index contributed by atoms with van der Waals surface area (Å²) in [5, 5.41) is 5.73. The Balaban J connectivity index is 1.63. The van der Waals surface area contributed by atoms with Crippen LogP contribution in [0, 0.1) is 6.92 Å². The zero-order valence-corrected chi connectivity index (χ0v) is 16.5. The third-order valence-corrected chi connectivity index (χ3v) is 4.45. The Kier molecular flexibility index (Phi) is 6.63. The van der Waals surface area contributed by atoms with Crippen molar-refractivity contribution in [3.63, 3.8) is 0 Å². The van der Waals surface area contributed by atoms with E-state index in [-0.39, 0.29) is 24.5 Å². The molecule has 3 aromatic rings. The molecule has 5 heteroatoms. The molecule has 148 valence electrons. The Bertz CT molecular complexity index is 986. The second-order valence-corrected chi connectivity index (χ2v) is 6.80. The number of hydrogen-bond donors (Lipinski definition) is 2. The molecule has 0 heterocycles. The highest BCUT2D eigenvalue weighted by molar-refractivity contribution is 6.04. The van der Waals surface area contributed by atoms with E-state index in [1.165, 1.54) is 0 Å². The standard InChI is InChI=1S/C24H24N2O3/c1-17-9-8-12-20(15-17)29-16-23(27)26-22-14-7-6-13-21(22)24(28)25-18(2)19-10-4-3-5-11-19/h3-15,18H,16H2,1-2H3,(H,25,28)(H,26,27)/t18-/m0/s1. The fourth-order valence-corrected chi connectivity index (χ4v) is 2.93. The number of benzene rings is 3. The maximum Gasteiger partial charge on any atom is 0.262 e. The average molecular weight is 388 g/mol. The van der Waals surface area contributed by atoms with Gasteiger partial charge in [-0.3, -0.25) is 9.59 Å². The first kappa shape index (κ1) is 20.1. The summed E-state index contributed by atoms with van der Waals surface area (Å²) in [6, 6.07) is 24.0. The molecule has 1 atom stereocenters. The smallest absolute Gasteiger partial charge is 0.262 e. The molecule has 2 amide bonds. The summed E-state index contributed by atoms with van der Waals surface area (Å²) in [7, 11) is 0. The summed E-state index contributed by atoms with van der Waals surface area (Å²) in [4.78, 5) is 25.1. The summed E-state index contributed by atoms with van der Waals surface area (Å²) in [6.07, 6.45) is 0. The summed E-state index contributed by atoms with van der Waals surface area (Å²) in [5.74, 6) is 0.0441. The van der Waals surface area contributed by atoms with Gasteiger partial charge in [-0.05, 0) is 49.2 Å². The third-order valence-electron chi connectivity index (χ3n) is 4.45. The van der Waals surface area contributed by atoms with Gasteiger partial charge >= 0.3 is 0 Å². The number of aryl methyl sites for hydroxylation is 1. The lowest BCUT2D eigenvalue weighted by Crippen LogP contribution is -2.28. The van der Waals surface area contributed by atoms with E-state index in [2.05, 4.69) is 10.6 Å². The molecule has 0 aliphatic carbocycles. The summed E-state index contributed by atoms with van der Waals surface area (Å²) >= 11 is 0. The highest BCUT2D eigenvalue weighted by Gasteiger charge is 2.16. The monoisotopic (exact) mass is 388 g/mol. The van der Waals surface area contributed by atoms with Crippen LogP contribution in [0.1, 0.15) is 34.5 Å². The van der Waals surface area contributed by atoms with Gasteiger partial charge in [0, 0.05) is 0 Å². The van der Waals surface area contributed by atoms with Crippen LogP contribution in [0.25, 0.3) is 0 Å². The molecule has 3 rings (SSSR count). The van der Waals surface area contributed by atoms with Gasteiger partial charge in [-0.1, -0.05) is 54.6 Å². The Morgan fingerprint density at radius 2 is 1.66 bits per heavy atom. The van der Waals surface area contributed by atoms with Crippen molar-refractivity contribution in [3.05, 3.63) is 95.6 Å². The Morgan fingerprint density at radius 3 is 2.41 bits per heavy atom. The maximum atomic E-state index is 12.8. The van der Waals surface area contributed by atoms with Crippen LogP contribution in [-0.4, -0.2) is 18.4 Å². The molecule has 0 radical (unpaired) electrons. The van der Waals surface area contributed by atoms with Gasteiger partial charge in [0.05, 0.1) is 17.3 Å². The van der Waals surface area contributed by atoms with Crippen LogP contribution in [-0.2, 0) is 4.79 Å². The van der Waals surface area contributed by atoms with Gasteiger partial charge in [-0.15, -0.1) is 0 Å². The summed E-state index contributed by atoms with van der Waals surface area (Å²) in [6.45, 7) is 3.74. The molecule has 0 spiro atoms. The minimum Gasteiger partial charge on any atom is -0.484 e. The molecular formula is C24H24N2O3. The van der Waals surface area contributed by atoms with E-state index in [9.17, 15) is 9.59 Å². The van der Waals surface area contributed by atoms with Gasteiger partial charge < -0.3 is 15.4 Å². The van der Waals surface area contributed by atoms with Crippen LogP contribution in [0.4, 0.5) is 5.69 Å². The fraction of sp³-hybridized carbons (Fsp3) is 0.167. The lowest BCUT2D eigenvalue weighted by molar-refractivity contribution is -0.118. The van der Waals surface area contributed by atoms with E-state index in [0.29, 0.717) is 17.0 Å². The first-order valence-corrected chi connectivity index (χ1v) is 9.47. The van der Waals surface area contributed by atoms with Crippen LogP contribution in [0.2, 0.25) is 0 Å². The number of carbonyl (C=O) groups excluding carboxylic acids is 2. The number of rotatable bonds is 7. The zero-order chi connectivity index (χ0) is 20.6. The average Bonchev–Trinajstić information content (AvgIpc) is 2.73. The van der Waals surface area contributed by atoms with Crippen molar-refractivity contribution < 1.29 is 14.3 Å². The van der Waals surface area contributed by atoms with Crippen molar-refractivity contribution >= 4 is 17.5 Å². The number of ether oxygens (including phenoxy) is 1. The number of anilines is 1. The molecule has 2 N–H and O–H groups in total. The number of nitrogens with one attached hydrogen (secondary N) is 2. The van der Waals surface area contributed by atoms with Crippen LogP contribution < -0.4 is 15.4 Å². The number of amides is 2. The number of hydrogen-bond acceptors (Lipinski definition) is 3. The highest BCUT2D eigenvalue weighted by atomic mass is 16.5. The molecule has 0 saturated heterocycles. The SMILES string of the molecule is Cc1cccc(OCC(=O)Nc2ccccc2C(=O)N[C@@H](C)c2ccccc2)c1. The summed E-state index contributed by atoms with van der Waals surface area (Å²) < 4.78 is 5.53. The minimum absolute atomic E-state index is 0.139. The maximum absolute atomic E-state index is 12.8. The Hall–Kier alpha value is -3.60. The van der Waals surface area contributed by atoms with E-state index in [0.717, 1.165) is 11.1 Å². The largest absolute Gasteiger partial charge is 0.484 e. The second kappa shape index (κ2) is 9.55. The van der Waals surface area contributed by atoms with Gasteiger partial charge in [-0.2, -0.15) is 0 Å². The van der Waals surface area contributed by atoms with E-state index < -0.39 is 0 Å². The molecule has 0 fully saturated rings. The van der Waals surface area contributed by atoms with Crippen molar-refractivity contribution in [1.29, 1.82) is 0 Å². The Labute approximate surface area is 170 Å². The quantitative estimate of drug-likeness (QED) is 0.626. The van der Waals surface area contributed by atoms with Crippen molar-refractivity contribution in [1.82, 2.24) is 5.32 Å². The molecule has 0 bridgehead atoms. The molecule has 0 unspecified atom stereocenters. The topological polar surface area (TPSA) is 67.4 Å². The van der Waals surface area contributed by atoms with Crippen molar-refractivity contribution in [3.8, 4) is 5.75 Å². The van der Waals surface area contributed by atoms with E-state index >= 15 is 0 Å². The van der Waals surface area contributed by atoms with Crippen molar-refractivity contribution in [2.24, 2.45) is 0 Å².